The van der Waals surface area contributed by atoms with Crippen LogP contribution >= 0.6 is 0 Å². The van der Waals surface area contributed by atoms with Gasteiger partial charge in [0, 0.05) is 25.4 Å². The molecule has 1 aliphatic carbocycles. The number of amides is 1. The molecule has 0 aromatic carbocycles. The van der Waals surface area contributed by atoms with Crippen molar-refractivity contribution in [3.63, 3.8) is 0 Å². The average Bonchev–Trinajstić information content (AvgIpc) is 2.07. The van der Waals surface area contributed by atoms with E-state index in [1.165, 1.54) is 0 Å². The van der Waals surface area contributed by atoms with Gasteiger partial charge in [-0.25, -0.2) is 13.6 Å². The third kappa shape index (κ3) is 4.85. The Labute approximate surface area is 99.9 Å². The number of ether oxygens (including phenoxy) is 1. The molecular formula is C11H20F2N2O2. The van der Waals surface area contributed by atoms with E-state index in [0.29, 0.717) is 0 Å². The van der Waals surface area contributed by atoms with Crippen molar-refractivity contribution in [2.75, 3.05) is 6.54 Å². The van der Waals surface area contributed by atoms with E-state index in [1.807, 2.05) is 0 Å². The van der Waals surface area contributed by atoms with Crippen LogP contribution in [0.1, 0.15) is 33.6 Å². The van der Waals surface area contributed by atoms with E-state index in [4.69, 9.17) is 10.5 Å². The highest BCUT2D eigenvalue weighted by Crippen LogP contribution is 2.43. The number of rotatable bonds is 3. The van der Waals surface area contributed by atoms with Gasteiger partial charge in [0.05, 0.1) is 0 Å². The molecule has 1 aliphatic rings. The lowest BCUT2D eigenvalue weighted by molar-refractivity contribution is -0.116. The van der Waals surface area contributed by atoms with Gasteiger partial charge in [-0.3, -0.25) is 0 Å². The SMILES string of the molecule is CC(C)(C)OC(=O)NCC(N)C1CC(F)(F)C1. The highest BCUT2D eigenvalue weighted by atomic mass is 19.3. The molecule has 4 nitrogen and oxygen atoms in total. The third-order valence-corrected chi connectivity index (χ3v) is 2.61. The molecule has 1 unspecified atom stereocenters. The number of alkyl carbamates (subject to hydrolysis) is 1. The predicted octanol–water partition coefficient (Wildman–Crippen LogP) is 1.88. The van der Waals surface area contributed by atoms with Crippen LogP contribution in [0.3, 0.4) is 0 Å². The van der Waals surface area contributed by atoms with Gasteiger partial charge in [0.15, 0.2) is 0 Å². The topological polar surface area (TPSA) is 64.3 Å². The maximum Gasteiger partial charge on any atom is 0.407 e. The fourth-order valence-corrected chi connectivity index (χ4v) is 1.69. The Hall–Kier alpha value is -0.910. The molecule has 100 valence electrons. The lowest BCUT2D eigenvalue weighted by atomic mass is 9.76. The summed E-state index contributed by atoms with van der Waals surface area (Å²) in [5.41, 5.74) is 5.14. The normalized spacial score (nSPS) is 21.5. The number of hydrogen-bond acceptors (Lipinski definition) is 3. The first-order valence-corrected chi connectivity index (χ1v) is 5.69. The minimum Gasteiger partial charge on any atom is -0.444 e. The van der Waals surface area contributed by atoms with Crippen molar-refractivity contribution in [3.8, 4) is 0 Å². The van der Waals surface area contributed by atoms with Crippen molar-refractivity contribution >= 4 is 6.09 Å². The van der Waals surface area contributed by atoms with Crippen LogP contribution in [0.4, 0.5) is 13.6 Å². The number of halogens is 2. The monoisotopic (exact) mass is 250 g/mol. The van der Waals surface area contributed by atoms with Gasteiger partial charge in [-0.05, 0) is 26.7 Å². The summed E-state index contributed by atoms with van der Waals surface area (Å²) in [6, 6.07) is -0.442. The Morgan fingerprint density at radius 3 is 2.47 bits per heavy atom. The average molecular weight is 250 g/mol. The van der Waals surface area contributed by atoms with E-state index in [0.717, 1.165) is 0 Å². The standard InChI is InChI=1S/C11H20F2N2O2/c1-10(2,3)17-9(16)15-6-8(14)7-4-11(12,13)5-7/h7-8H,4-6,14H2,1-3H3,(H,15,16). The molecule has 1 atom stereocenters. The zero-order chi connectivity index (χ0) is 13.3. The van der Waals surface area contributed by atoms with Crippen molar-refractivity contribution in [1.29, 1.82) is 0 Å². The summed E-state index contributed by atoms with van der Waals surface area (Å²) in [6.45, 7) is 5.41. The molecule has 0 aromatic heterocycles. The molecule has 0 aromatic rings. The molecular weight excluding hydrogens is 230 g/mol. The van der Waals surface area contributed by atoms with E-state index < -0.39 is 23.7 Å². The fraction of sp³-hybridized carbons (Fsp3) is 0.909. The maximum absolute atomic E-state index is 12.6. The Balaban J connectivity index is 2.21. The number of alkyl halides is 2. The zero-order valence-corrected chi connectivity index (χ0v) is 10.4. The van der Waals surface area contributed by atoms with Crippen LogP contribution in [0.2, 0.25) is 0 Å². The second-order valence-corrected chi connectivity index (χ2v) is 5.57. The molecule has 0 radical (unpaired) electrons. The Morgan fingerprint density at radius 1 is 1.53 bits per heavy atom. The van der Waals surface area contributed by atoms with Gasteiger partial charge in [0.25, 0.3) is 0 Å². The summed E-state index contributed by atoms with van der Waals surface area (Å²) < 4.78 is 30.2. The van der Waals surface area contributed by atoms with E-state index in [9.17, 15) is 13.6 Å². The van der Waals surface area contributed by atoms with Crippen LogP contribution in [0.15, 0.2) is 0 Å². The summed E-state index contributed by atoms with van der Waals surface area (Å²) in [6.07, 6.45) is -0.951. The van der Waals surface area contributed by atoms with E-state index >= 15 is 0 Å². The molecule has 6 heteroatoms. The molecule has 1 fully saturated rings. The predicted molar refractivity (Wildman–Crippen MR) is 59.9 cm³/mol. The van der Waals surface area contributed by atoms with Crippen LogP contribution in [-0.2, 0) is 4.74 Å². The van der Waals surface area contributed by atoms with E-state index in [2.05, 4.69) is 5.32 Å². The molecule has 1 rings (SSSR count). The van der Waals surface area contributed by atoms with Crippen molar-refractivity contribution in [2.24, 2.45) is 11.7 Å². The Bertz CT molecular complexity index is 282. The Kier molecular flexibility index (Phi) is 3.96. The van der Waals surface area contributed by atoms with Crippen molar-refractivity contribution in [2.45, 2.75) is 51.2 Å². The minimum absolute atomic E-state index is 0.162. The molecule has 0 spiro atoms. The van der Waals surface area contributed by atoms with Crippen LogP contribution in [0, 0.1) is 5.92 Å². The fourth-order valence-electron chi connectivity index (χ4n) is 1.69. The first-order chi connectivity index (χ1) is 7.59. The number of nitrogens with one attached hydrogen (secondary N) is 1. The zero-order valence-electron chi connectivity index (χ0n) is 10.4. The Morgan fingerprint density at radius 2 is 2.06 bits per heavy atom. The first kappa shape index (κ1) is 14.2. The summed E-state index contributed by atoms with van der Waals surface area (Å²) >= 11 is 0. The first-order valence-electron chi connectivity index (χ1n) is 5.69. The van der Waals surface area contributed by atoms with Crippen LogP contribution in [0.5, 0.6) is 0 Å². The lowest BCUT2D eigenvalue weighted by Crippen LogP contribution is -2.51. The largest absolute Gasteiger partial charge is 0.444 e. The molecule has 0 heterocycles. The van der Waals surface area contributed by atoms with E-state index in [-0.39, 0.29) is 25.3 Å². The van der Waals surface area contributed by atoms with Gasteiger partial charge in [0.2, 0.25) is 5.92 Å². The van der Waals surface area contributed by atoms with Gasteiger partial charge in [-0.1, -0.05) is 0 Å². The highest BCUT2D eigenvalue weighted by Gasteiger charge is 2.47. The second kappa shape index (κ2) is 4.76. The van der Waals surface area contributed by atoms with Crippen LogP contribution in [-0.4, -0.2) is 30.2 Å². The van der Waals surface area contributed by atoms with Gasteiger partial charge >= 0.3 is 6.09 Å². The summed E-state index contributed by atoms with van der Waals surface area (Å²) in [7, 11) is 0. The molecule has 1 amide bonds. The van der Waals surface area contributed by atoms with Crippen molar-refractivity contribution in [3.05, 3.63) is 0 Å². The van der Waals surface area contributed by atoms with Crippen molar-refractivity contribution in [1.82, 2.24) is 5.32 Å². The molecule has 0 bridgehead atoms. The number of carbonyl (C=O) groups is 1. The number of carbonyl (C=O) groups excluding carboxylic acids is 1. The van der Waals surface area contributed by atoms with Crippen molar-refractivity contribution < 1.29 is 18.3 Å². The second-order valence-electron chi connectivity index (χ2n) is 5.57. The van der Waals surface area contributed by atoms with Gasteiger partial charge in [-0.2, -0.15) is 0 Å². The maximum atomic E-state index is 12.6. The smallest absolute Gasteiger partial charge is 0.407 e. The quantitative estimate of drug-likeness (QED) is 0.803. The minimum atomic E-state index is -2.58. The van der Waals surface area contributed by atoms with Gasteiger partial charge < -0.3 is 15.8 Å². The summed E-state index contributed by atoms with van der Waals surface area (Å²) in [5, 5.41) is 2.48. The third-order valence-electron chi connectivity index (χ3n) is 2.61. The highest BCUT2D eigenvalue weighted by molar-refractivity contribution is 5.67. The summed E-state index contributed by atoms with van der Waals surface area (Å²) in [5.74, 6) is -2.80. The molecule has 1 saturated carbocycles. The molecule has 0 saturated heterocycles. The van der Waals surface area contributed by atoms with Crippen LogP contribution in [0.25, 0.3) is 0 Å². The molecule has 17 heavy (non-hydrogen) atoms. The summed E-state index contributed by atoms with van der Waals surface area (Å²) in [4.78, 5) is 11.3. The van der Waals surface area contributed by atoms with Gasteiger partial charge in [-0.15, -0.1) is 0 Å². The number of hydrogen-bond donors (Lipinski definition) is 2. The number of nitrogens with two attached hydrogens (primary N) is 1. The molecule has 0 aliphatic heterocycles. The van der Waals surface area contributed by atoms with Crippen LogP contribution < -0.4 is 11.1 Å². The van der Waals surface area contributed by atoms with E-state index in [1.54, 1.807) is 20.8 Å². The molecule has 3 N–H and O–H groups in total. The lowest BCUT2D eigenvalue weighted by Gasteiger charge is -2.38. The van der Waals surface area contributed by atoms with Gasteiger partial charge in [0.1, 0.15) is 5.60 Å².